The number of nitrogens with one attached hydrogen (secondary N) is 1. The molecule has 1 aromatic heterocycles. The number of benzene rings is 1. The van der Waals surface area contributed by atoms with E-state index in [1.807, 2.05) is 0 Å². The molecule has 0 aliphatic heterocycles. The Bertz CT molecular complexity index is 795. The highest BCUT2D eigenvalue weighted by atomic mass is 32.2. The summed E-state index contributed by atoms with van der Waals surface area (Å²) in [5.74, 6) is -0.553. The first-order chi connectivity index (χ1) is 10.9. The van der Waals surface area contributed by atoms with Crippen LogP contribution in [-0.4, -0.2) is 33.1 Å². The van der Waals surface area contributed by atoms with E-state index < -0.39 is 9.73 Å². The first kappa shape index (κ1) is 17.5. The number of aromatic nitrogens is 2. The van der Waals surface area contributed by atoms with E-state index in [2.05, 4.69) is 19.9 Å². The van der Waals surface area contributed by atoms with Crippen LogP contribution in [0.2, 0.25) is 0 Å². The average molecular weight is 356 g/mol. The second kappa shape index (κ2) is 7.60. The van der Waals surface area contributed by atoms with Crippen molar-refractivity contribution in [1.82, 2.24) is 10.2 Å². The number of nitrogens with zero attached hydrogens (tertiary/aromatic N) is 3. The fourth-order valence-electron chi connectivity index (χ4n) is 1.79. The highest BCUT2D eigenvalue weighted by Gasteiger charge is 2.07. The molecule has 0 aliphatic rings. The van der Waals surface area contributed by atoms with Crippen LogP contribution in [0.1, 0.15) is 18.4 Å². The monoisotopic (exact) mass is 356 g/mol. The minimum atomic E-state index is -2.52. The van der Waals surface area contributed by atoms with Gasteiger partial charge in [-0.3, -0.25) is 4.79 Å². The lowest BCUT2D eigenvalue weighted by molar-refractivity contribution is -0.114. The van der Waals surface area contributed by atoms with Crippen molar-refractivity contribution >= 4 is 32.1 Å². The third-order valence-electron chi connectivity index (χ3n) is 2.89. The lowest BCUT2D eigenvalue weighted by atomic mass is 10.3. The van der Waals surface area contributed by atoms with E-state index in [9.17, 15) is 13.4 Å². The first-order valence-electron chi connectivity index (χ1n) is 6.90. The summed E-state index contributed by atoms with van der Waals surface area (Å²) in [6.45, 7) is 1.81. The predicted octanol–water partition coefficient (Wildman–Crippen LogP) is 2.73. The molecule has 1 heterocycles. The number of carbonyl (C=O) groups excluding carboxylic acids is 1. The molecule has 0 fully saturated rings. The number of carbonyl (C=O) groups is 1. The molecule has 2 aromatic rings. The molecule has 2 rings (SSSR count). The van der Waals surface area contributed by atoms with E-state index in [1.54, 1.807) is 6.26 Å². The van der Waals surface area contributed by atoms with Gasteiger partial charge in [-0.1, -0.05) is 11.3 Å². The third kappa shape index (κ3) is 5.36. The number of halogens is 1. The summed E-state index contributed by atoms with van der Waals surface area (Å²) in [5.41, 5.74) is 0. The Balaban J connectivity index is 1.90. The Morgan fingerprint density at radius 2 is 2.04 bits per heavy atom. The van der Waals surface area contributed by atoms with E-state index in [0.717, 1.165) is 5.01 Å². The molecule has 23 heavy (non-hydrogen) atoms. The third-order valence-corrected chi connectivity index (χ3v) is 5.61. The molecule has 6 nitrogen and oxygen atoms in total. The summed E-state index contributed by atoms with van der Waals surface area (Å²) < 4.78 is 29.6. The van der Waals surface area contributed by atoms with Crippen molar-refractivity contribution in [2.75, 3.05) is 18.1 Å². The van der Waals surface area contributed by atoms with Gasteiger partial charge in [0.1, 0.15) is 10.8 Å². The zero-order chi connectivity index (χ0) is 16.9. The van der Waals surface area contributed by atoms with Crippen LogP contribution < -0.4 is 5.32 Å². The van der Waals surface area contributed by atoms with Crippen molar-refractivity contribution in [2.24, 2.45) is 4.36 Å². The Hall–Kier alpha value is -1.87. The van der Waals surface area contributed by atoms with Gasteiger partial charge in [0.25, 0.3) is 0 Å². The van der Waals surface area contributed by atoms with Crippen molar-refractivity contribution in [3.8, 4) is 0 Å². The smallest absolute Gasteiger partial charge is 0.223 e. The molecule has 1 aromatic carbocycles. The van der Waals surface area contributed by atoms with Gasteiger partial charge < -0.3 is 5.32 Å². The normalized spacial score (nSPS) is 13.3. The summed E-state index contributed by atoms with van der Waals surface area (Å²) in [6, 6.07) is 5.54. The molecule has 0 aliphatic carbocycles. The van der Waals surface area contributed by atoms with Crippen LogP contribution in [0.25, 0.3) is 0 Å². The van der Waals surface area contributed by atoms with Crippen molar-refractivity contribution in [2.45, 2.75) is 24.7 Å². The molecule has 0 bridgehead atoms. The fourth-order valence-corrected chi connectivity index (χ4v) is 3.88. The Labute approximate surface area is 138 Å². The van der Waals surface area contributed by atoms with Gasteiger partial charge in [-0.05, 0) is 30.7 Å². The van der Waals surface area contributed by atoms with Gasteiger partial charge in [0.2, 0.25) is 11.0 Å². The van der Waals surface area contributed by atoms with Gasteiger partial charge in [0, 0.05) is 31.0 Å². The molecule has 0 saturated carbocycles. The van der Waals surface area contributed by atoms with E-state index in [4.69, 9.17) is 0 Å². The van der Waals surface area contributed by atoms with Gasteiger partial charge in [-0.2, -0.15) is 0 Å². The number of hydrogen-bond acceptors (Lipinski definition) is 6. The van der Waals surface area contributed by atoms with Gasteiger partial charge in [0.15, 0.2) is 0 Å². The molecule has 9 heteroatoms. The Morgan fingerprint density at radius 3 is 2.70 bits per heavy atom. The SMILES string of the molecule is CC(=O)Nc1nnc(CCCN=S(C)(=O)c2ccc(F)cc2)s1. The number of hydrogen-bond donors (Lipinski definition) is 1. The van der Waals surface area contributed by atoms with Crippen LogP contribution in [0.4, 0.5) is 9.52 Å². The summed E-state index contributed by atoms with van der Waals surface area (Å²) in [7, 11) is -2.52. The number of aryl methyl sites for hydroxylation is 1. The maximum absolute atomic E-state index is 12.9. The molecular weight excluding hydrogens is 339 g/mol. The van der Waals surface area contributed by atoms with Crippen LogP contribution in [0.15, 0.2) is 33.5 Å². The Morgan fingerprint density at radius 1 is 1.35 bits per heavy atom. The highest BCUT2D eigenvalue weighted by molar-refractivity contribution is 7.93. The van der Waals surface area contributed by atoms with Gasteiger partial charge in [-0.15, -0.1) is 10.2 Å². The number of anilines is 1. The maximum Gasteiger partial charge on any atom is 0.223 e. The minimum Gasteiger partial charge on any atom is -0.301 e. The van der Waals surface area contributed by atoms with Crippen LogP contribution in [-0.2, 0) is 20.9 Å². The topological polar surface area (TPSA) is 84.3 Å². The molecule has 0 saturated heterocycles. The van der Waals surface area contributed by atoms with Crippen LogP contribution in [0, 0.1) is 5.82 Å². The summed E-state index contributed by atoms with van der Waals surface area (Å²) in [5, 5.41) is 11.6. The van der Waals surface area contributed by atoms with Crippen molar-refractivity contribution < 1.29 is 13.4 Å². The number of amides is 1. The van der Waals surface area contributed by atoms with Gasteiger partial charge >= 0.3 is 0 Å². The zero-order valence-electron chi connectivity index (χ0n) is 12.8. The van der Waals surface area contributed by atoms with Crippen molar-refractivity contribution in [1.29, 1.82) is 0 Å². The lowest BCUT2D eigenvalue weighted by Gasteiger charge is -2.04. The molecule has 1 N–H and O–H groups in total. The van der Waals surface area contributed by atoms with E-state index in [0.29, 0.717) is 29.4 Å². The van der Waals surface area contributed by atoms with Crippen LogP contribution in [0.3, 0.4) is 0 Å². The maximum atomic E-state index is 12.9. The summed E-state index contributed by atoms with van der Waals surface area (Å²) in [4.78, 5) is 11.4. The molecule has 0 radical (unpaired) electrons. The molecule has 1 unspecified atom stereocenters. The highest BCUT2D eigenvalue weighted by Crippen LogP contribution is 2.17. The second-order valence-corrected chi connectivity index (χ2v) is 8.29. The molecule has 1 atom stereocenters. The van der Waals surface area contributed by atoms with Gasteiger partial charge in [-0.25, -0.2) is 13.0 Å². The molecule has 0 spiro atoms. The quantitative estimate of drug-likeness (QED) is 0.807. The van der Waals surface area contributed by atoms with Gasteiger partial charge in [0.05, 0.1) is 9.73 Å². The summed E-state index contributed by atoms with van der Waals surface area (Å²) in [6.07, 6.45) is 2.85. The van der Waals surface area contributed by atoms with E-state index >= 15 is 0 Å². The van der Waals surface area contributed by atoms with E-state index in [1.165, 1.54) is 42.5 Å². The Kier molecular flexibility index (Phi) is 5.78. The molecular formula is C14H17FN4O2S2. The average Bonchev–Trinajstić information content (AvgIpc) is 2.91. The van der Waals surface area contributed by atoms with Crippen molar-refractivity contribution in [3.63, 3.8) is 0 Å². The van der Waals surface area contributed by atoms with Crippen LogP contribution >= 0.6 is 11.3 Å². The minimum absolute atomic E-state index is 0.187. The first-order valence-corrected chi connectivity index (χ1v) is 9.64. The lowest BCUT2D eigenvalue weighted by Crippen LogP contribution is -2.04. The number of rotatable bonds is 6. The van der Waals surface area contributed by atoms with Crippen LogP contribution in [0.5, 0.6) is 0 Å². The van der Waals surface area contributed by atoms with Crippen molar-refractivity contribution in [3.05, 3.63) is 35.1 Å². The second-order valence-electron chi connectivity index (χ2n) is 4.89. The molecule has 1 amide bonds. The zero-order valence-corrected chi connectivity index (χ0v) is 14.4. The standard InChI is InChI=1S/C14H17FN4O2S2/c1-10(20)17-14-19-18-13(22-14)4-3-9-16-23(2,21)12-7-5-11(15)6-8-12/h5-8H,3-4,9H2,1-2H3,(H,17,19,20). The predicted molar refractivity (Wildman–Crippen MR) is 88.6 cm³/mol. The summed E-state index contributed by atoms with van der Waals surface area (Å²) >= 11 is 1.31. The van der Waals surface area contributed by atoms with E-state index in [-0.39, 0.29) is 11.7 Å². The fraction of sp³-hybridized carbons (Fsp3) is 0.357. The molecule has 124 valence electrons. The largest absolute Gasteiger partial charge is 0.301 e.